The van der Waals surface area contributed by atoms with E-state index in [0.717, 1.165) is 16.5 Å². The third-order valence-corrected chi connectivity index (χ3v) is 4.04. The molecule has 0 aliphatic rings. The number of nitriles is 1. The van der Waals surface area contributed by atoms with Gasteiger partial charge in [0, 0.05) is 22.7 Å². The number of carbonyl (C=O) groups excluding carboxylic acids is 1. The number of nitrogens with one attached hydrogen (secondary N) is 1. The first-order valence-corrected chi connectivity index (χ1v) is 7.65. The van der Waals surface area contributed by atoms with Gasteiger partial charge in [0.25, 0.3) is 0 Å². The van der Waals surface area contributed by atoms with Crippen molar-refractivity contribution in [2.45, 2.75) is 6.92 Å². The Hall–Kier alpha value is -3.52. The molecule has 0 bridgehead atoms. The van der Waals surface area contributed by atoms with Crippen molar-refractivity contribution in [1.29, 1.82) is 5.26 Å². The van der Waals surface area contributed by atoms with Gasteiger partial charge in [-0.2, -0.15) is 5.26 Å². The number of H-pyrrole nitrogens is 1. The Morgan fingerprint density at radius 3 is 2.80 bits per heavy atom. The maximum Gasteiger partial charge on any atom is 0.205 e. The van der Waals surface area contributed by atoms with E-state index in [4.69, 9.17) is 4.74 Å². The van der Waals surface area contributed by atoms with Gasteiger partial charge in [0.05, 0.1) is 7.11 Å². The summed E-state index contributed by atoms with van der Waals surface area (Å²) >= 11 is 0. The Bertz CT molecular complexity index is 1040. The van der Waals surface area contributed by atoms with Crippen molar-refractivity contribution in [3.8, 4) is 17.6 Å². The van der Waals surface area contributed by atoms with Crippen molar-refractivity contribution in [2.24, 2.45) is 0 Å². The molecule has 2 N–H and O–H groups in total. The summed E-state index contributed by atoms with van der Waals surface area (Å²) in [6.45, 7) is 1.92. The SMILES string of the molecule is COc1ccc(/C=C(/C#N)C(=O)c2c[nH]c3cccc(C)c23)cc1O. The average Bonchev–Trinajstić information content (AvgIpc) is 3.05. The fourth-order valence-electron chi connectivity index (χ4n) is 2.80. The zero-order valence-electron chi connectivity index (χ0n) is 13.8. The van der Waals surface area contributed by atoms with Gasteiger partial charge in [0.2, 0.25) is 5.78 Å². The molecular formula is C20H16N2O3. The summed E-state index contributed by atoms with van der Waals surface area (Å²) in [7, 11) is 1.45. The van der Waals surface area contributed by atoms with Crippen molar-refractivity contribution < 1.29 is 14.6 Å². The van der Waals surface area contributed by atoms with Crippen LogP contribution in [0.2, 0.25) is 0 Å². The Balaban J connectivity index is 2.04. The number of aryl methyl sites for hydroxylation is 1. The van der Waals surface area contributed by atoms with Crippen LogP contribution in [0.4, 0.5) is 0 Å². The summed E-state index contributed by atoms with van der Waals surface area (Å²) in [6.07, 6.45) is 3.08. The summed E-state index contributed by atoms with van der Waals surface area (Å²) < 4.78 is 4.99. The third-order valence-electron chi connectivity index (χ3n) is 4.04. The monoisotopic (exact) mass is 332 g/mol. The minimum atomic E-state index is -0.363. The van der Waals surface area contributed by atoms with Crippen LogP contribution >= 0.6 is 0 Å². The first kappa shape index (κ1) is 16.3. The molecule has 0 aliphatic heterocycles. The number of ketones is 1. The summed E-state index contributed by atoms with van der Waals surface area (Å²) in [5.74, 6) is -0.0866. The number of hydrogen-bond donors (Lipinski definition) is 2. The highest BCUT2D eigenvalue weighted by molar-refractivity contribution is 6.20. The number of aromatic amines is 1. The summed E-state index contributed by atoms with van der Waals surface area (Å²) in [6, 6.07) is 12.4. The number of hydrogen-bond acceptors (Lipinski definition) is 4. The van der Waals surface area contributed by atoms with Gasteiger partial charge in [-0.3, -0.25) is 4.79 Å². The van der Waals surface area contributed by atoms with Crippen molar-refractivity contribution in [1.82, 2.24) is 4.98 Å². The molecule has 0 amide bonds. The molecule has 0 radical (unpaired) electrons. The van der Waals surface area contributed by atoms with Crippen molar-refractivity contribution in [3.63, 3.8) is 0 Å². The highest BCUT2D eigenvalue weighted by Gasteiger charge is 2.18. The average molecular weight is 332 g/mol. The number of ether oxygens (including phenoxy) is 1. The number of carbonyl (C=O) groups is 1. The minimum absolute atomic E-state index is 0.00581. The van der Waals surface area contributed by atoms with E-state index in [9.17, 15) is 15.2 Å². The lowest BCUT2D eigenvalue weighted by atomic mass is 9.99. The van der Waals surface area contributed by atoms with Crippen LogP contribution in [0.15, 0.2) is 48.2 Å². The molecule has 25 heavy (non-hydrogen) atoms. The van der Waals surface area contributed by atoms with Crippen molar-refractivity contribution in [3.05, 3.63) is 64.9 Å². The lowest BCUT2D eigenvalue weighted by molar-refractivity contribution is 0.104. The van der Waals surface area contributed by atoms with Crippen LogP contribution in [-0.4, -0.2) is 23.0 Å². The standard InChI is InChI=1S/C20H16N2O3/c1-12-4-3-5-16-19(12)15(11-22-16)20(24)14(10-21)8-13-6-7-18(25-2)17(23)9-13/h3-9,11,22-23H,1-2H3/b14-8-. The number of aromatic hydroxyl groups is 1. The molecule has 0 fully saturated rings. The number of allylic oxidation sites excluding steroid dienone is 1. The molecule has 124 valence electrons. The van der Waals surface area contributed by atoms with Gasteiger partial charge < -0.3 is 14.8 Å². The molecule has 3 aromatic rings. The van der Waals surface area contributed by atoms with Crippen LogP contribution in [0.3, 0.4) is 0 Å². The molecule has 0 atom stereocenters. The number of phenolic OH excluding ortho intramolecular Hbond substituents is 1. The number of fused-ring (bicyclic) bond motifs is 1. The number of aromatic nitrogens is 1. The zero-order valence-corrected chi connectivity index (χ0v) is 13.8. The number of nitrogens with zero attached hydrogens (tertiary/aromatic N) is 1. The van der Waals surface area contributed by atoms with E-state index < -0.39 is 0 Å². The summed E-state index contributed by atoms with van der Waals surface area (Å²) in [5, 5.41) is 20.1. The van der Waals surface area contributed by atoms with Gasteiger partial charge in [0.15, 0.2) is 11.5 Å². The fourth-order valence-corrected chi connectivity index (χ4v) is 2.80. The van der Waals surface area contributed by atoms with Gasteiger partial charge in [-0.1, -0.05) is 18.2 Å². The molecule has 0 unspecified atom stereocenters. The topological polar surface area (TPSA) is 86.1 Å². The zero-order chi connectivity index (χ0) is 18.0. The first-order valence-electron chi connectivity index (χ1n) is 7.65. The maximum absolute atomic E-state index is 12.8. The van der Waals surface area contributed by atoms with Crippen molar-refractivity contribution >= 4 is 22.8 Å². The first-order chi connectivity index (χ1) is 12.0. The molecule has 5 heteroatoms. The van der Waals surface area contributed by atoms with Crippen LogP contribution in [0.1, 0.15) is 21.5 Å². The number of rotatable bonds is 4. The smallest absolute Gasteiger partial charge is 0.205 e. The second-order valence-corrected chi connectivity index (χ2v) is 5.63. The second-order valence-electron chi connectivity index (χ2n) is 5.63. The van der Waals surface area contributed by atoms with E-state index in [1.165, 1.54) is 19.3 Å². The highest BCUT2D eigenvalue weighted by Crippen LogP contribution is 2.28. The van der Waals surface area contributed by atoms with E-state index in [1.807, 2.05) is 31.2 Å². The summed E-state index contributed by atoms with van der Waals surface area (Å²) in [5.41, 5.74) is 2.80. The van der Waals surface area contributed by atoms with E-state index in [1.54, 1.807) is 18.3 Å². The molecule has 2 aromatic carbocycles. The van der Waals surface area contributed by atoms with Gasteiger partial charge >= 0.3 is 0 Å². The number of methoxy groups -OCH3 is 1. The quantitative estimate of drug-likeness (QED) is 0.430. The van der Waals surface area contributed by atoms with Crippen LogP contribution in [0.5, 0.6) is 11.5 Å². The third kappa shape index (κ3) is 2.98. The number of benzene rings is 2. The number of Topliss-reactive ketones (excluding diaryl/α,β-unsaturated/α-hetero) is 1. The van der Waals surface area contributed by atoms with Gasteiger partial charge in [-0.05, 0) is 42.3 Å². The molecule has 3 rings (SSSR count). The predicted octanol–water partition coefficient (Wildman–Crippen LogP) is 3.98. The Labute approximate surface area is 144 Å². The number of phenols is 1. The lowest BCUT2D eigenvalue weighted by Gasteiger charge is -2.04. The van der Waals surface area contributed by atoms with E-state index >= 15 is 0 Å². The highest BCUT2D eigenvalue weighted by atomic mass is 16.5. The van der Waals surface area contributed by atoms with Crippen molar-refractivity contribution in [2.75, 3.05) is 7.11 Å². The summed E-state index contributed by atoms with van der Waals surface area (Å²) in [4.78, 5) is 15.9. The van der Waals surface area contributed by atoms with E-state index in [2.05, 4.69) is 4.98 Å². The normalized spacial score (nSPS) is 11.3. The van der Waals surface area contributed by atoms with E-state index in [-0.39, 0.29) is 17.1 Å². The Morgan fingerprint density at radius 2 is 2.12 bits per heavy atom. The van der Waals surface area contributed by atoms with Gasteiger partial charge in [0.1, 0.15) is 11.6 Å². The molecule has 1 aromatic heterocycles. The molecular weight excluding hydrogens is 316 g/mol. The van der Waals surface area contributed by atoms with Gasteiger partial charge in [-0.15, -0.1) is 0 Å². The molecule has 0 aliphatic carbocycles. The van der Waals surface area contributed by atoms with Crippen LogP contribution in [-0.2, 0) is 0 Å². The molecule has 5 nitrogen and oxygen atoms in total. The molecule has 0 saturated heterocycles. The van der Waals surface area contributed by atoms with Crippen LogP contribution in [0.25, 0.3) is 17.0 Å². The van der Waals surface area contributed by atoms with Crippen LogP contribution in [0, 0.1) is 18.3 Å². The Kier molecular flexibility index (Phi) is 4.27. The van der Waals surface area contributed by atoms with E-state index in [0.29, 0.717) is 16.9 Å². The Morgan fingerprint density at radius 1 is 1.32 bits per heavy atom. The lowest BCUT2D eigenvalue weighted by Crippen LogP contribution is -2.01. The molecule has 0 spiro atoms. The van der Waals surface area contributed by atoms with Gasteiger partial charge in [-0.25, -0.2) is 0 Å². The second kappa shape index (κ2) is 6.54. The largest absolute Gasteiger partial charge is 0.504 e. The minimum Gasteiger partial charge on any atom is -0.504 e. The van der Waals surface area contributed by atoms with Crippen LogP contribution < -0.4 is 4.74 Å². The molecule has 1 heterocycles. The molecule has 0 saturated carbocycles. The fraction of sp³-hybridized carbons (Fsp3) is 0.100. The predicted molar refractivity (Wildman–Crippen MR) is 95.6 cm³/mol. The maximum atomic E-state index is 12.8.